The molecule has 0 aromatic carbocycles. The fourth-order valence-electron chi connectivity index (χ4n) is 3.33. The van der Waals surface area contributed by atoms with E-state index >= 15 is 0 Å². The average Bonchev–Trinajstić information content (AvgIpc) is 2.64. The smallest absolute Gasteiger partial charge is 0.408 e. The van der Waals surface area contributed by atoms with Crippen molar-refractivity contribution in [2.24, 2.45) is 0 Å². The molecular formula is C23H47NO5. The van der Waals surface area contributed by atoms with Crippen LogP contribution in [0.4, 0.5) is 4.79 Å². The number of alkyl carbamates (subject to hydrolysis) is 1. The summed E-state index contributed by atoms with van der Waals surface area (Å²) in [5.74, 6) is 0. The summed E-state index contributed by atoms with van der Waals surface area (Å²) in [4.78, 5) is 11.8. The maximum atomic E-state index is 11.8. The predicted octanol–water partition coefficient (Wildman–Crippen LogP) is 4.69. The first-order valence-electron chi connectivity index (χ1n) is 11.7. The Morgan fingerprint density at radius 1 is 0.862 bits per heavy atom. The molecule has 0 spiro atoms. The number of ether oxygens (including phenoxy) is 1. The molecule has 0 saturated carbocycles. The largest absolute Gasteiger partial charge is 0.444 e. The Kier molecular flexibility index (Phi) is 16.4. The lowest BCUT2D eigenvalue weighted by molar-refractivity contribution is -0.0248. The van der Waals surface area contributed by atoms with Crippen LogP contribution in [0.1, 0.15) is 111 Å². The lowest BCUT2D eigenvalue weighted by atomic mass is 9.99. The Hall–Kier alpha value is -0.850. The molecule has 0 aromatic rings. The third-order valence-corrected chi connectivity index (χ3v) is 5.06. The minimum atomic E-state index is -1.22. The van der Waals surface area contributed by atoms with Crippen molar-refractivity contribution < 1.29 is 24.9 Å². The minimum Gasteiger partial charge on any atom is -0.444 e. The van der Waals surface area contributed by atoms with Crippen molar-refractivity contribution in [1.29, 1.82) is 0 Å². The number of nitrogens with one attached hydrogen (secondary N) is 1. The van der Waals surface area contributed by atoms with Gasteiger partial charge in [-0.3, -0.25) is 0 Å². The van der Waals surface area contributed by atoms with Crippen LogP contribution in [0.5, 0.6) is 0 Å². The lowest BCUT2D eigenvalue weighted by Gasteiger charge is -2.28. The molecule has 6 heteroatoms. The first-order valence-corrected chi connectivity index (χ1v) is 11.7. The summed E-state index contributed by atoms with van der Waals surface area (Å²) in [6.45, 7) is 6.99. The molecule has 1 amide bonds. The molecule has 0 bridgehead atoms. The van der Waals surface area contributed by atoms with Crippen LogP contribution in [0.25, 0.3) is 0 Å². The molecule has 0 radical (unpaired) electrons. The zero-order valence-electron chi connectivity index (χ0n) is 19.3. The number of carbonyl (C=O) groups is 1. The fourth-order valence-corrected chi connectivity index (χ4v) is 3.33. The zero-order valence-corrected chi connectivity index (χ0v) is 19.3. The highest BCUT2D eigenvalue weighted by Crippen LogP contribution is 2.15. The Morgan fingerprint density at radius 2 is 1.31 bits per heavy atom. The number of rotatable bonds is 17. The van der Waals surface area contributed by atoms with Crippen molar-refractivity contribution in [2.75, 3.05) is 6.61 Å². The van der Waals surface area contributed by atoms with Crippen LogP contribution in [0.2, 0.25) is 0 Å². The molecular weight excluding hydrogens is 370 g/mol. The van der Waals surface area contributed by atoms with E-state index < -0.39 is 36.6 Å². The third-order valence-electron chi connectivity index (χ3n) is 5.06. The summed E-state index contributed by atoms with van der Waals surface area (Å²) >= 11 is 0. The van der Waals surface area contributed by atoms with Gasteiger partial charge in [0.1, 0.15) is 11.7 Å². The molecule has 6 nitrogen and oxygen atoms in total. The van der Waals surface area contributed by atoms with E-state index in [2.05, 4.69) is 12.2 Å². The number of aliphatic hydroxyl groups excluding tert-OH is 3. The van der Waals surface area contributed by atoms with E-state index in [1.807, 2.05) is 0 Å². The van der Waals surface area contributed by atoms with Gasteiger partial charge in [0, 0.05) is 0 Å². The molecule has 0 fully saturated rings. The second-order valence-corrected chi connectivity index (χ2v) is 9.17. The van der Waals surface area contributed by atoms with Crippen LogP contribution >= 0.6 is 0 Å². The summed E-state index contributed by atoms with van der Waals surface area (Å²) in [5, 5.41) is 32.2. The molecule has 0 aromatic heterocycles. The van der Waals surface area contributed by atoms with Crippen molar-refractivity contribution in [3.63, 3.8) is 0 Å². The first kappa shape index (κ1) is 28.1. The van der Waals surface area contributed by atoms with Gasteiger partial charge >= 0.3 is 6.09 Å². The van der Waals surface area contributed by atoms with E-state index in [0.29, 0.717) is 6.42 Å². The SMILES string of the molecule is CCCCCCCCCCCCCCC(O)C(O)C(CO)NC(=O)OC(C)(C)C. The van der Waals surface area contributed by atoms with E-state index in [-0.39, 0.29) is 0 Å². The Balaban J connectivity index is 3.81. The lowest BCUT2D eigenvalue weighted by Crippen LogP contribution is -2.51. The van der Waals surface area contributed by atoms with Crippen molar-refractivity contribution in [3.8, 4) is 0 Å². The molecule has 3 unspecified atom stereocenters. The molecule has 0 aliphatic carbocycles. The first-order chi connectivity index (χ1) is 13.7. The molecule has 0 rings (SSSR count). The number of unbranched alkanes of at least 4 members (excludes halogenated alkanes) is 11. The topological polar surface area (TPSA) is 99.0 Å². The number of amides is 1. The summed E-state index contributed by atoms with van der Waals surface area (Å²) in [6.07, 6.45) is 12.4. The van der Waals surface area contributed by atoms with Crippen molar-refractivity contribution in [3.05, 3.63) is 0 Å². The number of aliphatic hydroxyl groups is 3. The molecule has 4 N–H and O–H groups in total. The van der Waals surface area contributed by atoms with Gasteiger partial charge < -0.3 is 25.4 Å². The molecule has 29 heavy (non-hydrogen) atoms. The quantitative estimate of drug-likeness (QED) is 0.257. The van der Waals surface area contributed by atoms with Crippen molar-refractivity contribution >= 4 is 6.09 Å². The molecule has 0 aliphatic heterocycles. The number of hydrogen-bond donors (Lipinski definition) is 4. The van der Waals surface area contributed by atoms with Gasteiger partial charge in [0.15, 0.2) is 0 Å². The monoisotopic (exact) mass is 417 g/mol. The van der Waals surface area contributed by atoms with Crippen LogP contribution in [0.15, 0.2) is 0 Å². The Bertz CT molecular complexity index is 397. The maximum absolute atomic E-state index is 11.8. The van der Waals surface area contributed by atoms with E-state index in [1.165, 1.54) is 57.8 Å². The molecule has 0 aliphatic rings. The normalized spacial score (nSPS) is 15.0. The highest BCUT2D eigenvalue weighted by atomic mass is 16.6. The molecule has 0 saturated heterocycles. The van der Waals surface area contributed by atoms with E-state index in [4.69, 9.17) is 4.74 Å². The van der Waals surface area contributed by atoms with E-state index in [9.17, 15) is 20.1 Å². The Labute approximate surface area is 178 Å². The van der Waals surface area contributed by atoms with E-state index in [0.717, 1.165) is 19.3 Å². The zero-order chi connectivity index (χ0) is 22.1. The van der Waals surface area contributed by atoms with Crippen LogP contribution in [0, 0.1) is 0 Å². The summed E-state index contributed by atoms with van der Waals surface area (Å²) in [7, 11) is 0. The summed E-state index contributed by atoms with van der Waals surface area (Å²) < 4.78 is 5.12. The van der Waals surface area contributed by atoms with E-state index in [1.54, 1.807) is 20.8 Å². The van der Waals surface area contributed by atoms with Gasteiger partial charge in [-0.15, -0.1) is 0 Å². The predicted molar refractivity (Wildman–Crippen MR) is 118 cm³/mol. The van der Waals surface area contributed by atoms with Gasteiger partial charge in [0.2, 0.25) is 0 Å². The van der Waals surface area contributed by atoms with Gasteiger partial charge in [-0.05, 0) is 27.2 Å². The van der Waals surface area contributed by atoms with Crippen molar-refractivity contribution in [2.45, 2.75) is 135 Å². The molecule has 0 heterocycles. The molecule has 3 atom stereocenters. The maximum Gasteiger partial charge on any atom is 0.408 e. The minimum absolute atomic E-state index is 0.449. The standard InChI is InChI=1S/C23H47NO5/c1-5-6-7-8-9-10-11-12-13-14-15-16-17-20(26)21(27)19(18-25)24-22(28)29-23(2,3)4/h19-21,25-27H,5-18H2,1-4H3,(H,24,28). The van der Waals surface area contributed by atoms with Gasteiger partial charge in [0.05, 0.1) is 18.8 Å². The highest BCUT2D eigenvalue weighted by Gasteiger charge is 2.28. The molecule has 174 valence electrons. The number of hydrogen-bond acceptors (Lipinski definition) is 5. The second kappa shape index (κ2) is 16.9. The summed E-state index contributed by atoms with van der Waals surface area (Å²) in [5.41, 5.74) is -0.664. The number of carbonyl (C=O) groups excluding carboxylic acids is 1. The van der Waals surface area contributed by atoms with Crippen LogP contribution < -0.4 is 5.32 Å². The van der Waals surface area contributed by atoms with Crippen LogP contribution in [-0.4, -0.2) is 51.9 Å². The third kappa shape index (κ3) is 16.6. The average molecular weight is 418 g/mol. The summed E-state index contributed by atoms with van der Waals surface area (Å²) in [6, 6.07) is -0.947. The second-order valence-electron chi connectivity index (χ2n) is 9.17. The van der Waals surface area contributed by atoms with Gasteiger partial charge in [-0.1, -0.05) is 84.0 Å². The van der Waals surface area contributed by atoms with Crippen LogP contribution in [0.3, 0.4) is 0 Å². The van der Waals surface area contributed by atoms with Gasteiger partial charge in [0.25, 0.3) is 0 Å². The van der Waals surface area contributed by atoms with Crippen molar-refractivity contribution in [1.82, 2.24) is 5.32 Å². The van der Waals surface area contributed by atoms with Crippen LogP contribution in [-0.2, 0) is 4.74 Å². The highest BCUT2D eigenvalue weighted by molar-refractivity contribution is 5.68. The van der Waals surface area contributed by atoms with Gasteiger partial charge in [-0.2, -0.15) is 0 Å². The fraction of sp³-hybridized carbons (Fsp3) is 0.957. The van der Waals surface area contributed by atoms with Gasteiger partial charge in [-0.25, -0.2) is 4.79 Å². The Morgan fingerprint density at radius 3 is 1.72 bits per heavy atom.